The van der Waals surface area contributed by atoms with E-state index in [0.717, 1.165) is 11.3 Å². The molecule has 0 aliphatic carbocycles. The molecule has 0 saturated heterocycles. The summed E-state index contributed by atoms with van der Waals surface area (Å²) in [6.07, 6.45) is 0. The Balaban J connectivity index is 1.77. The van der Waals surface area contributed by atoms with Crippen molar-refractivity contribution in [2.24, 2.45) is 5.73 Å². The minimum atomic E-state index is -2.84. The molecule has 28 heavy (non-hydrogen) atoms. The first kappa shape index (κ1) is 18.9. The zero-order valence-corrected chi connectivity index (χ0v) is 16.1. The second-order valence-electron chi connectivity index (χ2n) is 6.81. The van der Waals surface area contributed by atoms with Crippen LogP contribution in [0.4, 0.5) is 15.9 Å². The van der Waals surface area contributed by atoms with Crippen LogP contribution in [0.15, 0.2) is 53.4 Å². The lowest BCUT2D eigenvalue weighted by Gasteiger charge is -2.32. The van der Waals surface area contributed by atoms with Gasteiger partial charge >= 0.3 is 0 Å². The largest absolute Gasteiger partial charge is 0.383 e. The molecule has 2 aromatic carbocycles. The number of benzene rings is 2. The summed E-state index contributed by atoms with van der Waals surface area (Å²) in [6, 6.07) is 13.8. The van der Waals surface area contributed by atoms with E-state index in [1.807, 2.05) is 29.2 Å². The number of anilines is 2. The molecule has 8 heteroatoms. The molecule has 0 bridgehead atoms. The van der Waals surface area contributed by atoms with E-state index in [4.69, 9.17) is 10.7 Å². The summed E-state index contributed by atoms with van der Waals surface area (Å²) in [7, 11) is -2.84. The van der Waals surface area contributed by atoms with Crippen LogP contribution in [-0.2, 0) is 6.54 Å². The summed E-state index contributed by atoms with van der Waals surface area (Å²) < 4.78 is 34.9. The van der Waals surface area contributed by atoms with Crippen LogP contribution in [0.3, 0.4) is 0 Å². The standard InChI is InChI=1S/C20H23FN4O2S/c21-15-5-6-17-16(11-15)18(23-8-7-22)12-20(24-17)25-9-10-28(26,27)19-4-2-1-3-14(19)13-25/h1-6,11-12,26-27H,7-10,13,22H2,(H,23,24). The van der Waals surface area contributed by atoms with Gasteiger partial charge in [0.15, 0.2) is 0 Å². The minimum Gasteiger partial charge on any atom is -0.383 e. The first-order chi connectivity index (χ1) is 13.5. The molecule has 0 fully saturated rings. The number of nitrogens with zero attached hydrogens (tertiary/aromatic N) is 2. The molecule has 4 rings (SSSR count). The Bertz CT molecular complexity index is 1010. The van der Waals surface area contributed by atoms with Gasteiger partial charge in [0.2, 0.25) is 0 Å². The van der Waals surface area contributed by atoms with Crippen molar-refractivity contribution >= 4 is 33.0 Å². The van der Waals surface area contributed by atoms with Crippen molar-refractivity contribution in [1.82, 2.24) is 4.98 Å². The fourth-order valence-corrected chi connectivity index (χ4v) is 5.02. The normalized spacial score (nSPS) is 17.1. The van der Waals surface area contributed by atoms with E-state index in [9.17, 15) is 13.5 Å². The summed E-state index contributed by atoms with van der Waals surface area (Å²) in [6.45, 7) is 1.97. The lowest BCUT2D eigenvalue weighted by atomic mass is 10.1. The Hall–Kier alpha value is -2.39. The molecule has 0 atom stereocenters. The maximum absolute atomic E-state index is 13.8. The van der Waals surface area contributed by atoms with Gasteiger partial charge in [-0.3, -0.25) is 9.11 Å². The molecule has 0 amide bonds. The summed E-state index contributed by atoms with van der Waals surface area (Å²) >= 11 is 0. The van der Waals surface area contributed by atoms with E-state index in [2.05, 4.69) is 5.32 Å². The fraction of sp³-hybridized carbons (Fsp3) is 0.250. The number of nitrogens with two attached hydrogens (primary N) is 1. The van der Waals surface area contributed by atoms with Crippen LogP contribution >= 0.6 is 10.6 Å². The predicted octanol–water partition coefficient (Wildman–Crippen LogP) is 3.87. The van der Waals surface area contributed by atoms with Gasteiger partial charge in [-0.15, -0.1) is 0 Å². The van der Waals surface area contributed by atoms with Crippen molar-refractivity contribution in [3.63, 3.8) is 0 Å². The minimum absolute atomic E-state index is 0.235. The second kappa shape index (κ2) is 7.56. The number of aromatic nitrogens is 1. The van der Waals surface area contributed by atoms with Crippen LogP contribution in [0.2, 0.25) is 0 Å². The van der Waals surface area contributed by atoms with Gasteiger partial charge < -0.3 is 16.0 Å². The summed E-state index contributed by atoms with van der Waals surface area (Å²) in [5.41, 5.74) is 7.92. The average molecular weight is 402 g/mol. The molecule has 0 radical (unpaired) electrons. The Morgan fingerprint density at radius 2 is 2.00 bits per heavy atom. The van der Waals surface area contributed by atoms with Crippen LogP contribution in [-0.4, -0.2) is 39.5 Å². The highest BCUT2D eigenvalue weighted by molar-refractivity contribution is 8.24. The molecule has 1 aliphatic rings. The monoisotopic (exact) mass is 402 g/mol. The van der Waals surface area contributed by atoms with E-state index in [-0.39, 0.29) is 11.6 Å². The molecular weight excluding hydrogens is 379 g/mol. The van der Waals surface area contributed by atoms with Crippen molar-refractivity contribution in [1.29, 1.82) is 0 Å². The smallest absolute Gasteiger partial charge is 0.131 e. The van der Waals surface area contributed by atoms with Gasteiger partial charge in [-0.2, -0.15) is 10.6 Å². The van der Waals surface area contributed by atoms with Gasteiger partial charge in [-0.25, -0.2) is 9.37 Å². The highest BCUT2D eigenvalue weighted by Crippen LogP contribution is 2.51. The van der Waals surface area contributed by atoms with Crippen LogP contribution in [0, 0.1) is 5.82 Å². The molecule has 6 nitrogen and oxygen atoms in total. The summed E-state index contributed by atoms with van der Waals surface area (Å²) in [5, 5.41) is 3.93. The molecule has 0 spiro atoms. The van der Waals surface area contributed by atoms with Crippen molar-refractivity contribution in [3.05, 3.63) is 59.9 Å². The molecule has 1 aromatic heterocycles. The molecular formula is C20H23FN4O2S. The van der Waals surface area contributed by atoms with Crippen molar-refractivity contribution in [3.8, 4) is 0 Å². The van der Waals surface area contributed by atoms with Gasteiger partial charge in [0.1, 0.15) is 11.6 Å². The van der Waals surface area contributed by atoms with Gasteiger partial charge in [0.25, 0.3) is 0 Å². The fourth-order valence-electron chi connectivity index (χ4n) is 3.48. The zero-order valence-electron chi connectivity index (χ0n) is 15.3. The van der Waals surface area contributed by atoms with Crippen molar-refractivity contribution < 1.29 is 13.5 Å². The van der Waals surface area contributed by atoms with Gasteiger partial charge in [0, 0.05) is 43.3 Å². The van der Waals surface area contributed by atoms with Gasteiger partial charge in [-0.1, -0.05) is 18.2 Å². The highest BCUT2D eigenvalue weighted by atomic mass is 32.3. The van der Waals surface area contributed by atoms with Crippen LogP contribution in [0.5, 0.6) is 0 Å². The first-order valence-corrected chi connectivity index (χ1v) is 10.8. The van der Waals surface area contributed by atoms with Crippen LogP contribution < -0.4 is 16.0 Å². The molecule has 0 saturated carbocycles. The average Bonchev–Trinajstić information content (AvgIpc) is 2.82. The van der Waals surface area contributed by atoms with Crippen LogP contribution in [0.25, 0.3) is 10.9 Å². The number of hydrogen-bond acceptors (Lipinski definition) is 6. The molecule has 148 valence electrons. The van der Waals surface area contributed by atoms with E-state index < -0.39 is 10.6 Å². The molecule has 0 unspecified atom stereocenters. The van der Waals surface area contributed by atoms with Crippen LogP contribution in [0.1, 0.15) is 5.56 Å². The Labute approximate surface area is 164 Å². The van der Waals surface area contributed by atoms with E-state index >= 15 is 0 Å². The topological polar surface area (TPSA) is 94.6 Å². The third-order valence-electron chi connectivity index (χ3n) is 4.87. The Morgan fingerprint density at radius 1 is 1.18 bits per heavy atom. The Kier molecular flexibility index (Phi) is 5.11. The first-order valence-electron chi connectivity index (χ1n) is 9.11. The number of rotatable bonds is 4. The van der Waals surface area contributed by atoms with E-state index in [1.165, 1.54) is 12.1 Å². The van der Waals surface area contributed by atoms with Crippen molar-refractivity contribution in [2.45, 2.75) is 11.4 Å². The molecule has 1 aliphatic heterocycles. The number of nitrogens with one attached hydrogen (secondary N) is 1. The third-order valence-corrected chi connectivity index (χ3v) is 6.73. The zero-order chi connectivity index (χ0) is 19.7. The number of hydrogen-bond donors (Lipinski definition) is 4. The predicted molar refractivity (Wildman–Crippen MR) is 113 cm³/mol. The number of halogens is 1. The number of fused-ring (bicyclic) bond motifs is 2. The maximum atomic E-state index is 13.8. The third kappa shape index (κ3) is 3.64. The quantitative estimate of drug-likeness (QED) is 0.529. The van der Waals surface area contributed by atoms with E-state index in [1.54, 1.807) is 12.1 Å². The molecule has 3 aromatic rings. The van der Waals surface area contributed by atoms with Crippen molar-refractivity contribution in [2.75, 3.05) is 35.6 Å². The van der Waals surface area contributed by atoms with E-state index in [0.29, 0.717) is 47.8 Å². The SMILES string of the molecule is NCCNc1cc(N2CCS(O)(O)c3ccccc3C2)nc2ccc(F)cc12. The summed E-state index contributed by atoms with van der Waals surface area (Å²) in [4.78, 5) is 7.33. The number of pyridine rings is 1. The highest BCUT2D eigenvalue weighted by Gasteiger charge is 2.26. The molecule has 2 heterocycles. The van der Waals surface area contributed by atoms with Gasteiger partial charge in [0.05, 0.1) is 16.2 Å². The summed E-state index contributed by atoms with van der Waals surface area (Å²) in [5.74, 6) is 0.611. The molecule has 5 N–H and O–H groups in total. The lowest BCUT2D eigenvalue weighted by molar-refractivity contribution is 0.488. The lowest BCUT2D eigenvalue weighted by Crippen LogP contribution is -2.26. The maximum Gasteiger partial charge on any atom is 0.131 e. The second-order valence-corrected chi connectivity index (χ2v) is 8.99. The van der Waals surface area contributed by atoms with Gasteiger partial charge in [-0.05, 0) is 29.8 Å². The Morgan fingerprint density at radius 3 is 2.82 bits per heavy atom.